The van der Waals surface area contributed by atoms with E-state index in [9.17, 15) is 0 Å². The smallest absolute Gasteiger partial charge is 0.0594 e. The molecule has 2 fully saturated rings. The van der Waals surface area contributed by atoms with Crippen molar-refractivity contribution in [2.24, 2.45) is 5.92 Å². The maximum absolute atomic E-state index is 5.40. The fourth-order valence-corrected chi connectivity index (χ4v) is 3.07. The van der Waals surface area contributed by atoms with Gasteiger partial charge in [-0.15, -0.1) is 0 Å². The van der Waals surface area contributed by atoms with E-state index in [0.29, 0.717) is 6.04 Å². The Morgan fingerprint density at radius 3 is 2.50 bits per heavy atom. The SMILES string of the molecule is CNC(CN1CCOCC1)C1CCCCC1. The van der Waals surface area contributed by atoms with Crippen molar-refractivity contribution in [3.63, 3.8) is 0 Å². The van der Waals surface area contributed by atoms with E-state index in [1.165, 1.54) is 38.6 Å². The Hall–Kier alpha value is -0.120. The topological polar surface area (TPSA) is 24.5 Å². The first-order valence-electron chi connectivity index (χ1n) is 6.87. The molecule has 16 heavy (non-hydrogen) atoms. The van der Waals surface area contributed by atoms with Gasteiger partial charge < -0.3 is 10.1 Å². The molecule has 0 amide bonds. The number of morpholine rings is 1. The Morgan fingerprint density at radius 2 is 1.88 bits per heavy atom. The van der Waals surface area contributed by atoms with Crippen molar-refractivity contribution >= 4 is 0 Å². The van der Waals surface area contributed by atoms with E-state index in [4.69, 9.17) is 4.74 Å². The Bertz CT molecular complexity index is 186. The van der Waals surface area contributed by atoms with Crippen molar-refractivity contribution in [3.8, 4) is 0 Å². The molecule has 3 heteroatoms. The summed E-state index contributed by atoms with van der Waals surface area (Å²) < 4.78 is 5.40. The first-order chi connectivity index (χ1) is 7.90. The van der Waals surface area contributed by atoms with Gasteiger partial charge in [-0.2, -0.15) is 0 Å². The molecule has 1 saturated heterocycles. The number of likely N-dealkylation sites (N-methyl/N-ethyl adjacent to an activating group) is 1. The quantitative estimate of drug-likeness (QED) is 0.786. The van der Waals surface area contributed by atoms with Crippen LogP contribution in [-0.4, -0.2) is 50.8 Å². The van der Waals surface area contributed by atoms with Crippen molar-refractivity contribution < 1.29 is 4.74 Å². The van der Waals surface area contributed by atoms with Crippen LogP contribution in [0.4, 0.5) is 0 Å². The van der Waals surface area contributed by atoms with E-state index in [-0.39, 0.29) is 0 Å². The van der Waals surface area contributed by atoms with Crippen molar-refractivity contribution in [3.05, 3.63) is 0 Å². The fourth-order valence-electron chi connectivity index (χ4n) is 3.07. The van der Waals surface area contributed by atoms with Gasteiger partial charge in [-0.1, -0.05) is 19.3 Å². The second-order valence-electron chi connectivity index (χ2n) is 5.21. The zero-order chi connectivity index (χ0) is 11.2. The molecule has 0 radical (unpaired) electrons. The molecule has 1 saturated carbocycles. The highest BCUT2D eigenvalue weighted by atomic mass is 16.5. The summed E-state index contributed by atoms with van der Waals surface area (Å²) in [7, 11) is 2.12. The average molecular weight is 226 g/mol. The van der Waals surface area contributed by atoms with Crippen LogP contribution in [0.1, 0.15) is 32.1 Å². The third kappa shape index (κ3) is 3.44. The first-order valence-corrected chi connectivity index (χ1v) is 6.87. The van der Waals surface area contributed by atoms with Crippen molar-refractivity contribution in [2.75, 3.05) is 39.9 Å². The summed E-state index contributed by atoms with van der Waals surface area (Å²) in [6, 6.07) is 0.693. The molecule has 0 aromatic heterocycles. The fraction of sp³-hybridized carbons (Fsp3) is 1.00. The number of hydrogen-bond acceptors (Lipinski definition) is 3. The maximum Gasteiger partial charge on any atom is 0.0594 e. The van der Waals surface area contributed by atoms with Gasteiger partial charge in [0.2, 0.25) is 0 Å². The van der Waals surface area contributed by atoms with Crippen LogP contribution >= 0.6 is 0 Å². The molecule has 94 valence electrons. The van der Waals surface area contributed by atoms with Gasteiger partial charge in [-0.3, -0.25) is 4.90 Å². The molecule has 0 aromatic rings. The maximum atomic E-state index is 5.40. The third-order valence-corrected chi connectivity index (χ3v) is 4.15. The van der Waals surface area contributed by atoms with Crippen LogP contribution in [0.5, 0.6) is 0 Å². The lowest BCUT2D eigenvalue weighted by molar-refractivity contribution is 0.0291. The Balaban J connectivity index is 1.78. The summed E-state index contributed by atoms with van der Waals surface area (Å²) in [6.45, 7) is 5.28. The highest BCUT2D eigenvalue weighted by Gasteiger charge is 2.24. The van der Waals surface area contributed by atoms with Gasteiger partial charge in [0.1, 0.15) is 0 Å². The summed E-state index contributed by atoms with van der Waals surface area (Å²) in [6.07, 6.45) is 7.17. The summed E-state index contributed by atoms with van der Waals surface area (Å²) in [5.41, 5.74) is 0. The van der Waals surface area contributed by atoms with Gasteiger partial charge in [0.25, 0.3) is 0 Å². The van der Waals surface area contributed by atoms with Crippen molar-refractivity contribution in [2.45, 2.75) is 38.1 Å². The van der Waals surface area contributed by atoms with Crippen LogP contribution in [0.25, 0.3) is 0 Å². The van der Waals surface area contributed by atoms with E-state index < -0.39 is 0 Å². The first kappa shape index (κ1) is 12.3. The molecular weight excluding hydrogens is 200 g/mol. The highest BCUT2D eigenvalue weighted by molar-refractivity contribution is 4.81. The molecule has 2 rings (SSSR count). The average Bonchev–Trinajstić information content (AvgIpc) is 2.38. The van der Waals surface area contributed by atoms with Gasteiger partial charge >= 0.3 is 0 Å². The Kier molecular flexibility index (Phi) is 5.07. The minimum absolute atomic E-state index is 0.693. The number of nitrogens with one attached hydrogen (secondary N) is 1. The van der Waals surface area contributed by atoms with Gasteiger partial charge in [0.05, 0.1) is 13.2 Å². The molecule has 0 spiro atoms. The second kappa shape index (κ2) is 6.58. The van der Waals surface area contributed by atoms with Gasteiger partial charge in [0.15, 0.2) is 0 Å². The Labute approximate surface area is 99.5 Å². The molecule has 1 atom stereocenters. The standard InChI is InChI=1S/C13H26N2O/c1-14-13(12-5-3-2-4-6-12)11-15-7-9-16-10-8-15/h12-14H,2-11H2,1H3. The monoisotopic (exact) mass is 226 g/mol. The summed E-state index contributed by atoms with van der Waals surface area (Å²) in [5, 5.41) is 3.54. The van der Waals surface area contributed by atoms with Crippen LogP contribution in [0.3, 0.4) is 0 Å². The molecule has 1 unspecified atom stereocenters. The van der Waals surface area contributed by atoms with Crippen LogP contribution in [0, 0.1) is 5.92 Å². The second-order valence-corrected chi connectivity index (χ2v) is 5.21. The van der Waals surface area contributed by atoms with E-state index >= 15 is 0 Å². The molecule has 1 heterocycles. The van der Waals surface area contributed by atoms with Gasteiger partial charge in [-0.05, 0) is 25.8 Å². The molecule has 2 aliphatic rings. The predicted molar refractivity (Wildman–Crippen MR) is 66.7 cm³/mol. The number of ether oxygens (including phenoxy) is 1. The normalized spacial score (nSPS) is 26.8. The van der Waals surface area contributed by atoms with Crippen LogP contribution in [0.2, 0.25) is 0 Å². The molecule has 1 aliphatic heterocycles. The van der Waals surface area contributed by atoms with Gasteiger partial charge in [0, 0.05) is 25.7 Å². The van der Waals surface area contributed by atoms with Crippen LogP contribution in [0.15, 0.2) is 0 Å². The number of rotatable bonds is 4. The lowest BCUT2D eigenvalue weighted by Gasteiger charge is -2.35. The predicted octanol–water partition coefficient (Wildman–Crippen LogP) is 1.49. The van der Waals surface area contributed by atoms with Gasteiger partial charge in [-0.25, -0.2) is 0 Å². The molecular formula is C13H26N2O. The molecule has 1 N–H and O–H groups in total. The summed E-state index contributed by atoms with van der Waals surface area (Å²) in [4.78, 5) is 2.55. The summed E-state index contributed by atoms with van der Waals surface area (Å²) in [5.74, 6) is 0.904. The lowest BCUT2D eigenvalue weighted by Crippen LogP contribution is -2.48. The van der Waals surface area contributed by atoms with E-state index in [1.54, 1.807) is 0 Å². The largest absolute Gasteiger partial charge is 0.379 e. The van der Waals surface area contributed by atoms with Crippen molar-refractivity contribution in [1.29, 1.82) is 0 Å². The minimum Gasteiger partial charge on any atom is -0.379 e. The van der Waals surface area contributed by atoms with E-state index in [0.717, 1.165) is 32.2 Å². The Morgan fingerprint density at radius 1 is 1.19 bits per heavy atom. The highest BCUT2D eigenvalue weighted by Crippen LogP contribution is 2.26. The molecule has 1 aliphatic carbocycles. The van der Waals surface area contributed by atoms with E-state index in [2.05, 4.69) is 17.3 Å². The molecule has 3 nitrogen and oxygen atoms in total. The number of nitrogens with zero attached hydrogens (tertiary/aromatic N) is 1. The minimum atomic E-state index is 0.693. The zero-order valence-corrected chi connectivity index (χ0v) is 10.6. The zero-order valence-electron chi connectivity index (χ0n) is 10.6. The van der Waals surface area contributed by atoms with Crippen molar-refractivity contribution in [1.82, 2.24) is 10.2 Å². The lowest BCUT2D eigenvalue weighted by atomic mass is 9.83. The molecule has 0 aromatic carbocycles. The van der Waals surface area contributed by atoms with E-state index in [1.807, 2.05) is 0 Å². The number of hydrogen-bond donors (Lipinski definition) is 1. The van der Waals surface area contributed by atoms with Crippen LogP contribution in [-0.2, 0) is 4.74 Å². The van der Waals surface area contributed by atoms with Crippen LogP contribution < -0.4 is 5.32 Å². The summed E-state index contributed by atoms with van der Waals surface area (Å²) >= 11 is 0. The molecule has 0 bridgehead atoms. The third-order valence-electron chi connectivity index (χ3n) is 4.15.